The van der Waals surface area contributed by atoms with Gasteiger partial charge in [-0.25, -0.2) is 0 Å². The lowest BCUT2D eigenvalue weighted by Gasteiger charge is -2.24. The highest BCUT2D eigenvalue weighted by Gasteiger charge is 2.28. The zero-order chi connectivity index (χ0) is 23.2. The highest BCUT2D eigenvalue weighted by molar-refractivity contribution is 5.93. The minimum atomic E-state index is -0.700. The molecule has 0 radical (unpaired) electrons. The minimum absolute atomic E-state index is 0.0288. The van der Waals surface area contributed by atoms with Crippen LogP contribution in [0.5, 0.6) is 0 Å². The topological polar surface area (TPSA) is 74.0 Å². The standard InChI is InChI=1S/C28H29N3O2/c1-19(2)30-27(32)25(17-22-18-29-24-16-10-9-15-23(22)24)31-28(33)26(20-11-5-3-6-12-20)21-13-7-4-8-14-21/h3-16,18-19,25-26,29H,17H2,1-2H3,(H,30,32)(H,31,33). The number of aromatic nitrogens is 1. The molecule has 4 aromatic rings. The molecule has 0 bridgehead atoms. The van der Waals surface area contributed by atoms with Crippen LogP contribution in [-0.2, 0) is 16.0 Å². The van der Waals surface area contributed by atoms with E-state index in [0.29, 0.717) is 6.42 Å². The normalized spacial score (nSPS) is 12.1. The average molecular weight is 440 g/mol. The number of hydrogen-bond acceptors (Lipinski definition) is 2. The van der Waals surface area contributed by atoms with Crippen LogP contribution in [-0.4, -0.2) is 28.9 Å². The van der Waals surface area contributed by atoms with Crippen LogP contribution in [0.15, 0.2) is 91.1 Å². The summed E-state index contributed by atoms with van der Waals surface area (Å²) in [5.74, 6) is -0.899. The molecular weight excluding hydrogens is 410 g/mol. The first kappa shape index (κ1) is 22.3. The molecule has 168 valence electrons. The summed E-state index contributed by atoms with van der Waals surface area (Å²) in [5, 5.41) is 7.07. The highest BCUT2D eigenvalue weighted by Crippen LogP contribution is 2.25. The summed E-state index contributed by atoms with van der Waals surface area (Å²) in [6.07, 6.45) is 2.31. The summed E-state index contributed by atoms with van der Waals surface area (Å²) in [5.41, 5.74) is 3.77. The number of H-pyrrole nitrogens is 1. The Kier molecular flexibility index (Phi) is 6.89. The van der Waals surface area contributed by atoms with Crippen molar-refractivity contribution in [2.24, 2.45) is 0 Å². The third-order valence-corrected chi connectivity index (χ3v) is 5.69. The molecule has 0 saturated heterocycles. The lowest BCUT2D eigenvalue weighted by molar-refractivity contribution is -0.129. The van der Waals surface area contributed by atoms with Gasteiger partial charge in [-0.05, 0) is 36.6 Å². The van der Waals surface area contributed by atoms with Crippen LogP contribution >= 0.6 is 0 Å². The van der Waals surface area contributed by atoms with E-state index in [-0.39, 0.29) is 17.9 Å². The monoisotopic (exact) mass is 439 g/mol. The van der Waals surface area contributed by atoms with Gasteiger partial charge in [-0.1, -0.05) is 78.9 Å². The van der Waals surface area contributed by atoms with E-state index < -0.39 is 12.0 Å². The van der Waals surface area contributed by atoms with E-state index in [0.717, 1.165) is 27.6 Å². The van der Waals surface area contributed by atoms with E-state index in [1.807, 2.05) is 105 Å². The Labute approximate surface area is 194 Å². The van der Waals surface area contributed by atoms with E-state index in [1.165, 1.54) is 0 Å². The molecule has 3 aromatic carbocycles. The Balaban J connectivity index is 1.65. The van der Waals surface area contributed by atoms with Crippen LogP contribution in [0.3, 0.4) is 0 Å². The molecule has 0 aliphatic rings. The fraction of sp³-hybridized carbons (Fsp3) is 0.214. The number of carbonyl (C=O) groups is 2. The highest BCUT2D eigenvalue weighted by atomic mass is 16.2. The summed E-state index contributed by atoms with van der Waals surface area (Å²) < 4.78 is 0. The number of benzene rings is 3. The average Bonchev–Trinajstić information content (AvgIpc) is 3.23. The molecule has 5 heteroatoms. The lowest BCUT2D eigenvalue weighted by Crippen LogP contribution is -2.50. The Morgan fingerprint density at radius 1 is 0.758 bits per heavy atom. The number of amides is 2. The zero-order valence-corrected chi connectivity index (χ0v) is 18.9. The summed E-state index contributed by atoms with van der Waals surface area (Å²) >= 11 is 0. The molecule has 33 heavy (non-hydrogen) atoms. The molecule has 2 amide bonds. The Morgan fingerprint density at radius 2 is 1.33 bits per heavy atom. The van der Waals surface area contributed by atoms with Gasteiger partial charge < -0.3 is 15.6 Å². The third kappa shape index (κ3) is 5.32. The maximum absolute atomic E-state index is 13.6. The van der Waals surface area contributed by atoms with Gasteiger partial charge in [-0.15, -0.1) is 0 Å². The van der Waals surface area contributed by atoms with E-state index in [9.17, 15) is 9.59 Å². The van der Waals surface area contributed by atoms with Crippen molar-refractivity contribution >= 4 is 22.7 Å². The quantitative estimate of drug-likeness (QED) is 0.377. The molecule has 5 nitrogen and oxygen atoms in total. The lowest BCUT2D eigenvalue weighted by atomic mass is 9.90. The zero-order valence-electron chi connectivity index (χ0n) is 18.9. The van der Waals surface area contributed by atoms with Gasteiger partial charge in [0.2, 0.25) is 11.8 Å². The van der Waals surface area contributed by atoms with Gasteiger partial charge in [0.25, 0.3) is 0 Å². The number of fused-ring (bicyclic) bond motifs is 1. The number of carbonyl (C=O) groups excluding carboxylic acids is 2. The molecule has 1 aromatic heterocycles. The second-order valence-corrected chi connectivity index (χ2v) is 8.54. The second kappa shape index (κ2) is 10.2. The van der Waals surface area contributed by atoms with Crippen molar-refractivity contribution in [1.29, 1.82) is 0 Å². The van der Waals surface area contributed by atoms with E-state index in [1.54, 1.807) is 0 Å². The SMILES string of the molecule is CC(C)NC(=O)C(Cc1c[nH]c2ccccc12)NC(=O)C(c1ccccc1)c1ccccc1. The molecule has 4 rings (SSSR count). The predicted octanol–water partition coefficient (Wildman–Crippen LogP) is 4.55. The summed E-state index contributed by atoms with van der Waals surface area (Å²) in [7, 11) is 0. The maximum atomic E-state index is 13.6. The van der Waals surface area contributed by atoms with Crippen molar-refractivity contribution in [1.82, 2.24) is 15.6 Å². The van der Waals surface area contributed by atoms with Crippen molar-refractivity contribution in [2.75, 3.05) is 0 Å². The Morgan fingerprint density at radius 3 is 1.94 bits per heavy atom. The van der Waals surface area contributed by atoms with Crippen molar-refractivity contribution < 1.29 is 9.59 Å². The van der Waals surface area contributed by atoms with E-state index in [2.05, 4.69) is 15.6 Å². The third-order valence-electron chi connectivity index (χ3n) is 5.69. The summed E-state index contributed by atoms with van der Waals surface area (Å²) in [6.45, 7) is 3.83. The number of hydrogen-bond donors (Lipinski definition) is 3. The molecule has 0 saturated carbocycles. The van der Waals surface area contributed by atoms with Crippen molar-refractivity contribution in [3.05, 3.63) is 108 Å². The first-order valence-electron chi connectivity index (χ1n) is 11.3. The molecule has 3 N–H and O–H groups in total. The fourth-order valence-corrected chi connectivity index (χ4v) is 4.16. The second-order valence-electron chi connectivity index (χ2n) is 8.54. The molecule has 0 aliphatic heterocycles. The summed E-state index contributed by atoms with van der Waals surface area (Å²) in [4.78, 5) is 30.0. The smallest absolute Gasteiger partial charge is 0.243 e. The van der Waals surface area contributed by atoms with E-state index >= 15 is 0 Å². The molecule has 1 unspecified atom stereocenters. The molecular formula is C28H29N3O2. The number of nitrogens with one attached hydrogen (secondary N) is 3. The fourth-order valence-electron chi connectivity index (χ4n) is 4.16. The van der Waals surface area contributed by atoms with Crippen LogP contribution in [0.4, 0.5) is 0 Å². The predicted molar refractivity (Wildman–Crippen MR) is 132 cm³/mol. The van der Waals surface area contributed by atoms with Gasteiger partial charge in [0.15, 0.2) is 0 Å². The Bertz CT molecular complexity index is 1180. The maximum Gasteiger partial charge on any atom is 0.243 e. The van der Waals surface area contributed by atoms with Gasteiger partial charge in [-0.3, -0.25) is 9.59 Å². The van der Waals surface area contributed by atoms with Crippen LogP contribution < -0.4 is 10.6 Å². The van der Waals surface area contributed by atoms with Gasteiger partial charge in [0.1, 0.15) is 6.04 Å². The minimum Gasteiger partial charge on any atom is -0.361 e. The summed E-state index contributed by atoms with van der Waals surface area (Å²) in [6, 6.07) is 26.6. The van der Waals surface area contributed by atoms with E-state index in [4.69, 9.17) is 0 Å². The van der Waals surface area contributed by atoms with Gasteiger partial charge in [0, 0.05) is 29.6 Å². The molecule has 1 heterocycles. The van der Waals surface area contributed by atoms with Gasteiger partial charge in [0.05, 0.1) is 5.92 Å². The molecule has 1 atom stereocenters. The van der Waals surface area contributed by atoms with Crippen LogP contribution in [0.2, 0.25) is 0 Å². The van der Waals surface area contributed by atoms with Gasteiger partial charge >= 0.3 is 0 Å². The van der Waals surface area contributed by atoms with Crippen LogP contribution in [0, 0.1) is 0 Å². The molecule has 0 spiro atoms. The van der Waals surface area contributed by atoms with Crippen molar-refractivity contribution in [2.45, 2.75) is 38.3 Å². The largest absolute Gasteiger partial charge is 0.361 e. The number of aromatic amines is 1. The first-order chi connectivity index (χ1) is 16.0. The molecule has 0 fully saturated rings. The Hall–Kier alpha value is -3.86. The first-order valence-corrected chi connectivity index (χ1v) is 11.3. The van der Waals surface area contributed by atoms with Crippen LogP contribution in [0.1, 0.15) is 36.5 Å². The van der Waals surface area contributed by atoms with Crippen molar-refractivity contribution in [3.63, 3.8) is 0 Å². The van der Waals surface area contributed by atoms with Crippen molar-refractivity contribution in [3.8, 4) is 0 Å². The number of para-hydroxylation sites is 1. The van der Waals surface area contributed by atoms with Crippen LogP contribution in [0.25, 0.3) is 10.9 Å². The number of rotatable bonds is 8. The molecule has 0 aliphatic carbocycles. The van der Waals surface area contributed by atoms with Gasteiger partial charge in [-0.2, -0.15) is 0 Å².